The fourth-order valence-electron chi connectivity index (χ4n) is 2.60. The average molecular weight is 227 g/mol. The van der Waals surface area contributed by atoms with Gasteiger partial charge in [0.25, 0.3) is 0 Å². The molecule has 0 amide bonds. The number of hydrogen-bond acceptors (Lipinski definition) is 3. The van der Waals surface area contributed by atoms with Crippen molar-refractivity contribution in [2.45, 2.75) is 26.2 Å². The van der Waals surface area contributed by atoms with Gasteiger partial charge in [-0.05, 0) is 58.9 Å². The van der Waals surface area contributed by atoms with Gasteiger partial charge >= 0.3 is 0 Å². The van der Waals surface area contributed by atoms with Gasteiger partial charge < -0.3 is 15.1 Å². The van der Waals surface area contributed by atoms with E-state index in [1.807, 2.05) is 0 Å². The second-order valence-corrected chi connectivity index (χ2v) is 5.64. The maximum atomic E-state index is 3.47. The van der Waals surface area contributed by atoms with E-state index in [1.54, 1.807) is 0 Å². The summed E-state index contributed by atoms with van der Waals surface area (Å²) in [5, 5.41) is 3.47. The van der Waals surface area contributed by atoms with Crippen LogP contribution in [0.4, 0.5) is 0 Å². The Bertz CT molecular complexity index is 186. The first-order valence-electron chi connectivity index (χ1n) is 6.62. The van der Waals surface area contributed by atoms with Crippen LogP contribution in [0.25, 0.3) is 0 Å². The van der Waals surface area contributed by atoms with Gasteiger partial charge in [-0.2, -0.15) is 0 Å². The van der Waals surface area contributed by atoms with E-state index < -0.39 is 0 Å². The number of likely N-dealkylation sites (N-methyl/N-ethyl adjacent to an activating group) is 2. The van der Waals surface area contributed by atoms with Crippen LogP contribution in [0, 0.1) is 5.41 Å². The van der Waals surface area contributed by atoms with Crippen molar-refractivity contribution in [3.63, 3.8) is 0 Å². The number of nitrogens with one attached hydrogen (secondary N) is 1. The van der Waals surface area contributed by atoms with Crippen LogP contribution in [0.15, 0.2) is 0 Å². The van der Waals surface area contributed by atoms with Crippen LogP contribution >= 0.6 is 0 Å². The summed E-state index contributed by atoms with van der Waals surface area (Å²) in [4.78, 5) is 4.77. The predicted octanol–water partition coefficient (Wildman–Crippen LogP) is 1.26. The van der Waals surface area contributed by atoms with E-state index in [4.69, 9.17) is 0 Å². The van der Waals surface area contributed by atoms with Crippen molar-refractivity contribution in [2.24, 2.45) is 5.41 Å². The lowest BCUT2D eigenvalue weighted by Gasteiger charge is -2.40. The summed E-state index contributed by atoms with van der Waals surface area (Å²) in [5.74, 6) is 0. The Kier molecular flexibility index (Phi) is 5.73. The van der Waals surface area contributed by atoms with Gasteiger partial charge in [0.05, 0.1) is 0 Å². The summed E-state index contributed by atoms with van der Waals surface area (Å²) in [6.07, 6.45) is 4.01. The zero-order valence-electron chi connectivity index (χ0n) is 11.6. The molecule has 0 radical (unpaired) electrons. The van der Waals surface area contributed by atoms with Crippen molar-refractivity contribution in [3.05, 3.63) is 0 Å². The van der Waals surface area contributed by atoms with Gasteiger partial charge in [0, 0.05) is 19.6 Å². The Morgan fingerprint density at radius 2 is 1.69 bits per heavy atom. The van der Waals surface area contributed by atoms with E-state index in [-0.39, 0.29) is 0 Å². The molecule has 0 aromatic carbocycles. The van der Waals surface area contributed by atoms with Crippen LogP contribution in [0.2, 0.25) is 0 Å². The minimum atomic E-state index is 0.576. The van der Waals surface area contributed by atoms with E-state index in [2.05, 4.69) is 43.2 Å². The molecule has 1 saturated heterocycles. The molecular weight excluding hydrogens is 198 g/mol. The lowest BCUT2D eigenvalue weighted by Crippen LogP contribution is -2.44. The normalized spacial score (nSPS) is 20.6. The Labute approximate surface area is 101 Å². The van der Waals surface area contributed by atoms with Crippen LogP contribution in [0.1, 0.15) is 26.2 Å². The highest BCUT2D eigenvalue weighted by Crippen LogP contribution is 2.32. The molecule has 0 aromatic heterocycles. The van der Waals surface area contributed by atoms with Crippen molar-refractivity contribution in [3.8, 4) is 0 Å². The fourth-order valence-corrected chi connectivity index (χ4v) is 2.60. The number of rotatable bonds is 6. The van der Waals surface area contributed by atoms with Gasteiger partial charge in [-0.3, -0.25) is 0 Å². The van der Waals surface area contributed by atoms with E-state index >= 15 is 0 Å². The van der Waals surface area contributed by atoms with Gasteiger partial charge in [0.1, 0.15) is 0 Å². The molecule has 3 heteroatoms. The molecule has 0 bridgehead atoms. The molecule has 3 nitrogen and oxygen atoms in total. The third-order valence-corrected chi connectivity index (χ3v) is 3.95. The first kappa shape index (κ1) is 13.9. The Morgan fingerprint density at radius 1 is 1.06 bits per heavy atom. The van der Waals surface area contributed by atoms with Crippen molar-refractivity contribution >= 4 is 0 Å². The molecule has 1 N–H and O–H groups in total. The molecule has 0 atom stereocenters. The minimum absolute atomic E-state index is 0.576. The van der Waals surface area contributed by atoms with Gasteiger partial charge in [-0.1, -0.05) is 6.92 Å². The highest BCUT2D eigenvalue weighted by molar-refractivity contribution is 4.85. The van der Waals surface area contributed by atoms with E-state index in [0.717, 1.165) is 6.54 Å². The summed E-state index contributed by atoms with van der Waals surface area (Å²) >= 11 is 0. The quantitative estimate of drug-likeness (QED) is 0.737. The van der Waals surface area contributed by atoms with Crippen molar-refractivity contribution in [1.82, 2.24) is 15.1 Å². The van der Waals surface area contributed by atoms with Crippen LogP contribution in [0.5, 0.6) is 0 Å². The summed E-state index contributed by atoms with van der Waals surface area (Å²) in [6.45, 7) is 8.37. The average Bonchev–Trinajstić information content (AvgIpc) is 2.28. The second kappa shape index (κ2) is 6.58. The SMILES string of the molecule is CCC1(CN(C)CCN(C)C)CCNCC1. The molecule has 1 fully saturated rings. The molecule has 1 aliphatic rings. The van der Waals surface area contributed by atoms with E-state index in [1.165, 1.54) is 45.4 Å². The molecule has 0 unspecified atom stereocenters. The minimum Gasteiger partial charge on any atom is -0.317 e. The molecule has 1 heterocycles. The third kappa shape index (κ3) is 4.40. The number of hydrogen-bond donors (Lipinski definition) is 1. The molecular formula is C13H29N3. The number of nitrogens with zero attached hydrogens (tertiary/aromatic N) is 2. The summed E-state index contributed by atoms with van der Waals surface area (Å²) in [6, 6.07) is 0. The maximum Gasteiger partial charge on any atom is 0.0106 e. The molecule has 0 saturated carbocycles. The van der Waals surface area contributed by atoms with Crippen molar-refractivity contribution in [2.75, 3.05) is 53.9 Å². The Balaban J connectivity index is 2.36. The first-order chi connectivity index (χ1) is 7.58. The Hall–Kier alpha value is -0.120. The summed E-state index contributed by atoms with van der Waals surface area (Å²) < 4.78 is 0. The first-order valence-corrected chi connectivity index (χ1v) is 6.62. The van der Waals surface area contributed by atoms with Gasteiger partial charge in [0.15, 0.2) is 0 Å². The topological polar surface area (TPSA) is 18.5 Å². The highest BCUT2D eigenvalue weighted by Gasteiger charge is 2.30. The fraction of sp³-hybridized carbons (Fsp3) is 1.00. The molecule has 0 spiro atoms. The molecule has 96 valence electrons. The van der Waals surface area contributed by atoms with Gasteiger partial charge in [-0.15, -0.1) is 0 Å². The van der Waals surface area contributed by atoms with Crippen molar-refractivity contribution < 1.29 is 0 Å². The highest BCUT2D eigenvalue weighted by atomic mass is 15.2. The van der Waals surface area contributed by atoms with Crippen LogP contribution in [-0.4, -0.2) is 63.7 Å². The molecule has 0 aliphatic carbocycles. The molecule has 1 rings (SSSR count). The third-order valence-electron chi connectivity index (χ3n) is 3.95. The Morgan fingerprint density at radius 3 is 2.19 bits per heavy atom. The van der Waals surface area contributed by atoms with Crippen LogP contribution in [-0.2, 0) is 0 Å². The molecule has 0 aromatic rings. The van der Waals surface area contributed by atoms with Gasteiger partial charge in [0.2, 0.25) is 0 Å². The number of piperidine rings is 1. The standard InChI is InChI=1S/C13H29N3/c1-5-13(6-8-14-9-7-13)12-16(4)11-10-15(2)3/h14H,5-12H2,1-4H3. The van der Waals surface area contributed by atoms with Gasteiger partial charge in [-0.25, -0.2) is 0 Å². The predicted molar refractivity (Wildman–Crippen MR) is 70.9 cm³/mol. The zero-order valence-corrected chi connectivity index (χ0v) is 11.6. The monoisotopic (exact) mass is 227 g/mol. The maximum absolute atomic E-state index is 3.47. The van der Waals surface area contributed by atoms with Crippen LogP contribution in [0.3, 0.4) is 0 Å². The molecule has 16 heavy (non-hydrogen) atoms. The lowest BCUT2D eigenvalue weighted by atomic mass is 9.76. The van der Waals surface area contributed by atoms with E-state index in [9.17, 15) is 0 Å². The largest absolute Gasteiger partial charge is 0.317 e. The lowest BCUT2D eigenvalue weighted by molar-refractivity contribution is 0.118. The summed E-state index contributed by atoms with van der Waals surface area (Å²) in [5.41, 5.74) is 0.576. The van der Waals surface area contributed by atoms with E-state index in [0.29, 0.717) is 5.41 Å². The zero-order chi connectivity index (χ0) is 12.0. The molecule has 1 aliphatic heterocycles. The van der Waals surface area contributed by atoms with Crippen LogP contribution < -0.4 is 5.32 Å². The van der Waals surface area contributed by atoms with Crippen molar-refractivity contribution in [1.29, 1.82) is 0 Å². The smallest absolute Gasteiger partial charge is 0.0106 e. The second-order valence-electron chi connectivity index (χ2n) is 5.64. The summed E-state index contributed by atoms with van der Waals surface area (Å²) in [7, 11) is 6.56.